The highest BCUT2D eigenvalue weighted by Gasteiger charge is 2.19. The highest BCUT2D eigenvalue weighted by molar-refractivity contribution is 7.98. The molecule has 0 saturated heterocycles. The molecule has 0 amide bonds. The van der Waals surface area contributed by atoms with Crippen LogP contribution in [0.25, 0.3) is 0 Å². The van der Waals surface area contributed by atoms with Gasteiger partial charge in [0.15, 0.2) is 0 Å². The number of aliphatic hydroxyl groups is 1. The van der Waals surface area contributed by atoms with Gasteiger partial charge in [0.25, 0.3) is 0 Å². The highest BCUT2D eigenvalue weighted by atomic mass is 32.2. The third-order valence-electron chi connectivity index (χ3n) is 2.31. The SMILES string of the molecule is CSCC(C)(O)CNCc1nc(C)c(C)o1. The fraction of sp³-hybridized carbons (Fsp3) is 0.727. The molecule has 1 atom stereocenters. The molecule has 1 rings (SSSR count). The highest BCUT2D eigenvalue weighted by Crippen LogP contribution is 2.10. The summed E-state index contributed by atoms with van der Waals surface area (Å²) in [7, 11) is 0. The van der Waals surface area contributed by atoms with Gasteiger partial charge in [0.2, 0.25) is 5.89 Å². The van der Waals surface area contributed by atoms with Gasteiger partial charge in [0.1, 0.15) is 5.76 Å². The summed E-state index contributed by atoms with van der Waals surface area (Å²) in [5.41, 5.74) is 0.239. The van der Waals surface area contributed by atoms with E-state index in [1.807, 2.05) is 27.0 Å². The smallest absolute Gasteiger partial charge is 0.208 e. The van der Waals surface area contributed by atoms with Crippen molar-refractivity contribution in [2.75, 3.05) is 18.6 Å². The van der Waals surface area contributed by atoms with E-state index in [0.717, 1.165) is 11.5 Å². The zero-order valence-corrected chi connectivity index (χ0v) is 11.1. The van der Waals surface area contributed by atoms with E-state index in [2.05, 4.69) is 10.3 Å². The van der Waals surface area contributed by atoms with E-state index in [1.165, 1.54) is 0 Å². The van der Waals surface area contributed by atoms with Crippen molar-refractivity contribution in [3.63, 3.8) is 0 Å². The molecule has 92 valence electrons. The van der Waals surface area contributed by atoms with Crippen molar-refractivity contribution in [3.05, 3.63) is 17.3 Å². The van der Waals surface area contributed by atoms with Gasteiger partial charge >= 0.3 is 0 Å². The first-order chi connectivity index (χ1) is 7.44. The van der Waals surface area contributed by atoms with Gasteiger partial charge in [0, 0.05) is 12.3 Å². The second-order valence-corrected chi connectivity index (χ2v) is 5.15. The zero-order valence-electron chi connectivity index (χ0n) is 10.3. The molecule has 5 heteroatoms. The molecule has 2 N–H and O–H groups in total. The summed E-state index contributed by atoms with van der Waals surface area (Å²) in [5.74, 6) is 2.24. The van der Waals surface area contributed by atoms with Crippen LogP contribution >= 0.6 is 11.8 Å². The lowest BCUT2D eigenvalue weighted by Gasteiger charge is -2.22. The largest absolute Gasteiger partial charge is 0.444 e. The van der Waals surface area contributed by atoms with Crippen LogP contribution in [0.2, 0.25) is 0 Å². The Morgan fingerprint density at radius 1 is 1.50 bits per heavy atom. The second-order valence-electron chi connectivity index (χ2n) is 4.28. The molecule has 4 nitrogen and oxygen atoms in total. The first-order valence-corrected chi connectivity index (χ1v) is 6.69. The normalized spacial score (nSPS) is 15.1. The van der Waals surface area contributed by atoms with E-state index in [0.29, 0.717) is 24.7 Å². The lowest BCUT2D eigenvalue weighted by molar-refractivity contribution is 0.0839. The summed E-state index contributed by atoms with van der Waals surface area (Å²) in [6.45, 7) is 6.73. The zero-order chi connectivity index (χ0) is 12.2. The average Bonchev–Trinajstić information content (AvgIpc) is 2.45. The molecule has 0 aliphatic rings. The lowest BCUT2D eigenvalue weighted by Crippen LogP contribution is -2.39. The summed E-state index contributed by atoms with van der Waals surface area (Å²) < 4.78 is 5.43. The number of oxazole rings is 1. The van der Waals surface area contributed by atoms with Gasteiger partial charge in [-0.2, -0.15) is 11.8 Å². The summed E-state index contributed by atoms with van der Waals surface area (Å²) in [6, 6.07) is 0. The molecule has 1 aromatic rings. The predicted molar refractivity (Wildman–Crippen MR) is 66.7 cm³/mol. The van der Waals surface area contributed by atoms with E-state index in [-0.39, 0.29) is 0 Å². The van der Waals surface area contributed by atoms with Crippen molar-refractivity contribution in [2.45, 2.75) is 32.9 Å². The first-order valence-electron chi connectivity index (χ1n) is 5.29. The number of thioether (sulfide) groups is 1. The summed E-state index contributed by atoms with van der Waals surface area (Å²) in [6.07, 6.45) is 1.98. The van der Waals surface area contributed by atoms with E-state index in [1.54, 1.807) is 11.8 Å². The fourth-order valence-corrected chi connectivity index (χ4v) is 2.14. The Balaban J connectivity index is 2.35. The van der Waals surface area contributed by atoms with Gasteiger partial charge in [-0.3, -0.25) is 0 Å². The molecule has 0 aliphatic heterocycles. The number of nitrogens with one attached hydrogen (secondary N) is 1. The van der Waals surface area contributed by atoms with Crippen LogP contribution in [0.1, 0.15) is 24.3 Å². The summed E-state index contributed by atoms with van der Waals surface area (Å²) >= 11 is 1.63. The van der Waals surface area contributed by atoms with Crippen LogP contribution in [0.4, 0.5) is 0 Å². The average molecular weight is 244 g/mol. The number of hydrogen-bond donors (Lipinski definition) is 2. The van der Waals surface area contributed by atoms with Crippen LogP contribution in [0.15, 0.2) is 4.42 Å². The van der Waals surface area contributed by atoms with Crippen LogP contribution in [0, 0.1) is 13.8 Å². The molecule has 0 aromatic carbocycles. The van der Waals surface area contributed by atoms with Gasteiger partial charge in [0.05, 0.1) is 17.8 Å². The van der Waals surface area contributed by atoms with E-state index >= 15 is 0 Å². The maximum absolute atomic E-state index is 9.92. The molecule has 1 heterocycles. The Kier molecular flexibility index (Phi) is 4.83. The number of aryl methyl sites for hydroxylation is 2. The minimum Gasteiger partial charge on any atom is -0.444 e. The maximum Gasteiger partial charge on any atom is 0.208 e. The second kappa shape index (κ2) is 5.70. The molecule has 0 bridgehead atoms. The molecule has 0 saturated carbocycles. The third-order valence-corrected chi connectivity index (χ3v) is 3.22. The van der Waals surface area contributed by atoms with Crippen molar-refractivity contribution in [2.24, 2.45) is 0 Å². The standard InChI is InChI=1S/C11H20N2O2S/c1-8-9(2)15-10(13-8)5-12-6-11(3,14)7-16-4/h12,14H,5-7H2,1-4H3. The molecular formula is C11H20N2O2S. The molecular weight excluding hydrogens is 224 g/mol. The minimum atomic E-state index is -0.684. The molecule has 0 fully saturated rings. The monoisotopic (exact) mass is 244 g/mol. The van der Waals surface area contributed by atoms with Crippen molar-refractivity contribution in [1.29, 1.82) is 0 Å². The molecule has 16 heavy (non-hydrogen) atoms. The quantitative estimate of drug-likeness (QED) is 0.794. The Labute approximate surface area is 101 Å². The Bertz CT molecular complexity index is 317. The molecule has 0 radical (unpaired) electrons. The topological polar surface area (TPSA) is 58.3 Å². The fourth-order valence-electron chi connectivity index (χ4n) is 1.42. The van der Waals surface area contributed by atoms with Crippen molar-refractivity contribution < 1.29 is 9.52 Å². The minimum absolute atomic E-state index is 0.536. The Hall–Kier alpha value is -0.520. The van der Waals surface area contributed by atoms with Gasteiger partial charge in [-0.1, -0.05) is 0 Å². The van der Waals surface area contributed by atoms with Crippen LogP contribution in [0.3, 0.4) is 0 Å². The summed E-state index contributed by atoms with van der Waals surface area (Å²) in [5, 5.41) is 13.1. The lowest BCUT2D eigenvalue weighted by atomic mass is 10.1. The van der Waals surface area contributed by atoms with Crippen LogP contribution < -0.4 is 5.32 Å². The summed E-state index contributed by atoms with van der Waals surface area (Å²) in [4.78, 5) is 4.26. The Morgan fingerprint density at radius 3 is 2.69 bits per heavy atom. The number of nitrogens with zero attached hydrogens (tertiary/aromatic N) is 1. The van der Waals surface area contributed by atoms with Crippen molar-refractivity contribution >= 4 is 11.8 Å². The maximum atomic E-state index is 9.92. The number of rotatable bonds is 6. The van der Waals surface area contributed by atoms with E-state index in [9.17, 15) is 5.11 Å². The molecule has 0 spiro atoms. The Morgan fingerprint density at radius 2 is 2.19 bits per heavy atom. The number of aromatic nitrogens is 1. The molecule has 1 unspecified atom stereocenters. The van der Waals surface area contributed by atoms with Crippen LogP contribution in [-0.2, 0) is 6.54 Å². The van der Waals surface area contributed by atoms with Gasteiger partial charge in [-0.15, -0.1) is 0 Å². The molecule has 0 aliphatic carbocycles. The number of hydrogen-bond acceptors (Lipinski definition) is 5. The van der Waals surface area contributed by atoms with Gasteiger partial charge < -0.3 is 14.8 Å². The van der Waals surface area contributed by atoms with Crippen molar-refractivity contribution in [1.82, 2.24) is 10.3 Å². The first kappa shape index (κ1) is 13.5. The predicted octanol–water partition coefficient (Wildman–Crippen LogP) is 1.50. The van der Waals surface area contributed by atoms with Gasteiger partial charge in [-0.05, 0) is 27.0 Å². The van der Waals surface area contributed by atoms with E-state index < -0.39 is 5.60 Å². The van der Waals surface area contributed by atoms with Crippen LogP contribution in [0.5, 0.6) is 0 Å². The van der Waals surface area contributed by atoms with Crippen molar-refractivity contribution in [3.8, 4) is 0 Å². The molecule has 1 aromatic heterocycles. The van der Waals surface area contributed by atoms with Crippen LogP contribution in [-0.4, -0.2) is 34.2 Å². The third kappa shape index (κ3) is 4.15. The van der Waals surface area contributed by atoms with E-state index in [4.69, 9.17) is 4.42 Å². The van der Waals surface area contributed by atoms with Gasteiger partial charge in [-0.25, -0.2) is 4.98 Å².